The smallest absolute Gasteiger partial charge is 0.0438 e. The van der Waals surface area contributed by atoms with Gasteiger partial charge in [0.1, 0.15) is 0 Å². The number of nitrogens with zero attached hydrogens (tertiary/aromatic N) is 1. The lowest BCUT2D eigenvalue weighted by atomic mass is 10.0. The van der Waals surface area contributed by atoms with Crippen LogP contribution in [0.4, 0.5) is 0 Å². The van der Waals surface area contributed by atoms with Crippen molar-refractivity contribution >= 4 is 11.6 Å². The summed E-state index contributed by atoms with van der Waals surface area (Å²) >= 11 is 6.14. The molecule has 90 valence electrons. The Morgan fingerprint density at radius 2 is 2.06 bits per heavy atom. The lowest BCUT2D eigenvalue weighted by Crippen LogP contribution is -2.22. The molecule has 0 heterocycles. The molecule has 0 aliphatic carbocycles. The molecule has 16 heavy (non-hydrogen) atoms. The summed E-state index contributed by atoms with van der Waals surface area (Å²) < 4.78 is 0. The van der Waals surface area contributed by atoms with Gasteiger partial charge in [-0.3, -0.25) is 0 Å². The molecular formula is C13H21ClN2. The summed E-state index contributed by atoms with van der Waals surface area (Å²) in [6.45, 7) is 3.09. The largest absolute Gasteiger partial charge is 0.313 e. The fraction of sp³-hybridized carbons (Fsp3) is 0.538. The topological polar surface area (TPSA) is 15.3 Å². The molecule has 0 aliphatic heterocycles. The molecule has 0 amide bonds. The fourth-order valence-electron chi connectivity index (χ4n) is 1.69. The Labute approximate surface area is 104 Å². The van der Waals surface area contributed by atoms with Gasteiger partial charge in [-0.15, -0.1) is 0 Å². The molecule has 1 aromatic rings. The van der Waals surface area contributed by atoms with E-state index in [9.17, 15) is 0 Å². The van der Waals surface area contributed by atoms with Crippen molar-refractivity contribution in [2.45, 2.75) is 19.4 Å². The molecular weight excluding hydrogens is 220 g/mol. The van der Waals surface area contributed by atoms with Gasteiger partial charge < -0.3 is 10.2 Å². The first kappa shape index (κ1) is 13.5. The molecule has 1 atom stereocenters. The molecule has 1 aromatic carbocycles. The summed E-state index contributed by atoms with van der Waals surface area (Å²) in [6, 6.07) is 6.67. The van der Waals surface area contributed by atoms with Gasteiger partial charge in [-0.2, -0.15) is 0 Å². The van der Waals surface area contributed by atoms with E-state index in [0.29, 0.717) is 6.04 Å². The van der Waals surface area contributed by atoms with Crippen molar-refractivity contribution in [1.29, 1.82) is 0 Å². The van der Waals surface area contributed by atoms with Gasteiger partial charge in [0, 0.05) is 11.1 Å². The molecule has 0 spiro atoms. The molecule has 0 saturated heterocycles. The van der Waals surface area contributed by atoms with Gasteiger partial charge in [-0.1, -0.05) is 23.7 Å². The number of hydrogen-bond donors (Lipinski definition) is 1. The SMILES string of the molecule is CNC(CCN(C)C)c1ccc(C)c(Cl)c1. The highest BCUT2D eigenvalue weighted by Crippen LogP contribution is 2.23. The highest BCUT2D eigenvalue weighted by molar-refractivity contribution is 6.31. The maximum absolute atomic E-state index is 6.14. The van der Waals surface area contributed by atoms with Crippen LogP contribution in [0.3, 0.4) is 0 Å². The number of rotatable bonds is 5. The van der Waals surface area contributed by atoms with Gasteiger partial charge in [-0.25, -0.2) is 0 Å². The van der Waals surface area contributed by atoms with Gasteiger partial charge >= 0.3 is 0 Å². The molecule has 2 nitrogen and oxygen atoms in total. The van der Waals surface area contributed by atoms with Crippen molar-refractivity contribution < 1.29 is 0 Å². The van der Waals surface area contributed by atoms with Crippen LogP contribution in [0.2, 0.25) is 5.02 Å². The quantitative estimate of drug-likeness (QED) is 0.852. The van der Waals surface area contributed by atoms with Crippen LogP contribution in [0.5, 0.6) is 0 Å². The Balaban J connectivity index is 2.74. The third kappa shape index (κ3) is 3.78. The summed E-state index contributed by atoms with van der Waals surface area (Å²) in [5.74, 6) is 0. The van der Waals surface area contributed by atoms with Gasteiger partial charge in [-0.05, 0) is 58.2 Å². The minimum absolute atomic E-state index is 0.375. The Morgan fingerprint density at radius 1 is 1.38 bits per heavy atom. The van der Waals surface area contributed by atoms with E-state index in [4.69, 9.17) is 11.6 Å². The van der Waals surface area contributed by atoms with E-state index in [-0.39, 0.29) is 0 Å². The van der Waals surface area contributed by atoms with Crippen molar-refractivity contribution in [2.75, 3.05) is 27.7 Å². The maximum Gasteiger partial charge on any atom is 0.0438 e. The Bertz CT molecular complexity index is 337. The van der Waals surface area contributed by atoms with Crippen molar-refractivity contribution in [3.8, 4) is 0 Å². The van der Waals surface area contributed by atoms with E-state index >= 15 is 0 Å². The van der Waals surface area contributed by atoms with Crippen molar-refractivity contribution in [2.24, 2.45) is 0 Å². The first-order valence-corrected chi connectivity index (χ1v) is 6.00. The van der Waals surface area contributed by atoms with Crippen LogP contribution in [0, 0.1) is 6.92 Å². The second-order valence-corrected chi connectivity index (χ2v) is 4.85. The standard InChI is InChI=1S/C13H21ClN2/c1-10-5-6-11(9-12(10)14)13(15-2)7-8-16(3)4/h5-6,9,13,15H,7-8H2,1-4H3. The molecule has 3 heteroatoms. The zero-order valence-electron chi connectivity index (χ0n) is 10.5. The van der Waals surface area contributed by atoms with Gasteiger partial charge in [0.25, 0.3) is 0 Å². The van der Waals surface area contributed by atoms with E-state index in [1.807, 2.05) is 14.0 Å². The molecule has 0 bridgehead atoms. The van der Waals surface area contributed by atoms with E-state index in [2.05, 4.69) is 42.5 Å². The monoisotopic (exact) mass is 240 g/mol. The zero-order valence-corrected chi connectivity index (χ0v) is 11.3. The van der Waals surface area contributed by atoms with Crippen molar-refractivity contribution in [1.82, 2.24) is 10.2 Å². The molecule has 1 unspecified atom stereocenters. The lowest BCUT2D eigenvalue weighted by molar-refractivity contribution is 0.368. The predicted octanol–water partition coefficient (Wildman–Crippen LogP) is 2.86. The minimum atomic E-state index is 0.375. The molecule has 0 saturated carbocycles. The molecule has 1 rings (SSSR count). The van der Waals surface area contributed by atoms with E-state index in [0.717, 1.165) is 23.6 Å². The highest BCUT2D eigenvalue weighted by Gasteiger charge is 2.10. The first-order valence-electron chi connectivity index (χ1n) is 5.62. The average Bonchev–Trinajstić information content (AvgIpc) is 2.23. The normalized spacial score (nSPS) is 13.1. The van der Waals surface area contributed by atoms with Gasteiger partial charge in [0.05, 0.1) is 0 Å². The number of benzene rings is 1. The highest BCUT2D eigenvalue weighted by atomic mass is 35.5. The van der Waals surface area contributed by atoms with Gasteiger partial charge in [0.15, 0.2) is 0 Å². The fourth-order valence-corrected chi connectivity index (χ4v) is 1.88. The van der Waals surface area contributed by atoms with Crippen molar-refractivity contribution in [3.63, 3.8) is 0 Å². The summed E-state index contributed by atoms with van der Waals surface area (Å²) in [7, 11) is 6.18. The second kappa shape index (κ2) is 6.24. The molecule has 1 N–H and O–H groups in total. The number of halogens is 1. The summed E-state index contributed by atoms with van der Waals surface area (Å²) in [5.41, 5.74) is 2.40. The van der Waals surface area contributed by atoms with Crippen LogP contribution in [0.25, 0.3) is 0 Å². The molecule has 0 radical (unpaired) electrons. The lowest BCUT2D eigenvalue weighted by Gasteiger charge is -2.19. The number of nitrogens with one attached hydrogen (secondary N) is 1. The number of aryl methyl sites for hydroxylation is 1. The van der Waals surface area contributed by atoms with Crippen LogP contribution in [-0.2, 0) is 0 Å². The number of hydrogen-bond acceptors (Lipinski definition) is 2. The zero-order chi connectivity index (χ0) is 12.1. The summed E-state index contributed by atoms with van der Waals surface area (Å²) in [5, 5.41) is 4.18. The van der Waals surface area contributed by atoms with Crippen LogP contribution in [0.15, 0.2) is 18.2 Å². The third-order valence-electron chi connectivity index (χ3n) is 2.81. The minimum Gasteiger partial charge on any atom is -0.313 e. The molecule has 0 aromatic heterocycles. The van der Waals surface area contributed by atoms with Crippen LogP contribution in [0.1, 0.15) is 23.6 Å². The van der Waals surface area contributed by atoms with Crippen LogP contribution < -0.4 is 5.32 Å². The first-order chi connectivity index (χ1) is 7.54. The molecule has 0 fully saturated rings. The Kier molecular flexibility index (Phi) is 5.26. The summed E-state index contributed by atoms with van der Waals surface area (Å²) in [4.78, 5) is 2.19. The maximum atomic E-state index is 6.14. The third-order valence-corrected chi connectivity index (χ3v) is 3.22. The van der Waals surface area contributed by atoms with E-state index < -0.39 is 0 Å². The van der Waals surface area contributed by atoms with Crippen molar-refractivity contribution in [3.05, 3.63) is 34.3 Å². The van der Waals surface area contributed by atoms with Crippen LogP contribution in [-0.4, -0.2) is 32.6 Å². The predicted molar refractivity (Wildman–Crippen MR) is 71.2 cm³/mol. The van der Waals surface area contributed by atoms with E-state index in [1.54, 1.807) is 0 Å². The Hall–Kier alpha value is -0.570. The molecule has 0 aliphatic rings. The van der Waals surface area contributed by atoms with Crippen LogP contribution >= 0.6 is 11.6 Å². The Morgan fingerprint density at radius 3 is 2.56 bits per heavy atom. The van der Waals surface area contributed by atoms with E-state index in [1.165, 1.54) is 5.56 Å². The van der Waals surface area contributed by atoms with Gasteiger partial charge in [0.2, 0.25) is 0 Å². The second-order valence-electron chi connectivity index (χ2n) is 4.44. The average molecular weight is 241 g/mol. The summed E-state index contributed by atoms with van der Waals surface area (Å²) in [6.07, 6.45) is 1.09.